The first-order valence-electron chi connectivity index (χ1n) is 10.7. The number of benzene rings is 2. The lowest BCUT2D eigenvalue weighted by molar-refractivity contribution is 0.0523. The van der Waals surface area contributed by atoms with Gasteiger partial charge in [0.25, 0.3) is 5.56 Å². The van der Waals surface area contributed by atoms with Crippen LogP contribution in [0.2, 0.25) is 0 Å². The molecule has 0 unspecified atom stereocenters. The van der Waals surface area contributed by atoms with Crippen molar-refractivity contribution in [2.45, 2.75) is 39.9 Å². The summed E-state index contributed by atoms with van der Waals surface area (Å²) in [5, 5.41) is 0. The molecule has 5 nitrogen and oxygen atoms in total. The van der Waals surface area contributed by atoms with Gasteiger partial charge in [-0.05, 0) is 36.1 Å². The second-order valence-electron chi connectivity index (χ2n) is 7.84. The van der Waals surface area contributed by atoms with Crippen LogP contribution in [0.15, 0.2) is 59.4 Å². The number of halogens is 1. The molecule has 32 heavy (non-hydrogen) atoms. The normalized spacial score (nSPS) is 11.1. The van der Waals surface area contributed by atoms with Crippen molar-refractivity contribution in [1.82, 2.24) is 4.57 Å². The number of pyridine rings is 1. The fourth-order valence-corrected chi connectivity index (χ4v) is 3.87. The Morgan fingerprint density at radius 3 is 2.28 bits per heavy atom. The highest BCUT2D eigenvalue weighted by Crippen LogP contribution is 2.33. The highest BCUT2D eigenvalue weighted by atomic mass is 19.1. The van der Waals surface area contributed by atoms with Gasteiger partial charge in [-0.25, -0.2) is 9.18 Å². The second kappa shape index (κ2) is 10.4. The minimum absolute atomic E-state index is 0.000935. The van der Waals surface area contributed by atoms with Gasteiger partial charge in [-0.1, -0.05) is 56.3 Å². The third kappa shape index (κ3) is 4.97. The van der Waals surface area contributed by atoms with E-state index in [2.05, 4.69) is 0 Å². The Hall–Kier alpha value is -3.25. The summed E-state index contributed by atoms with van der Waals surface area (Å²) in [5.74, 6) is -1.04. The Balaban J connectivity index is 2.20. The van der Waals surface area contributed by atoms with Gasteiger partial charge >= 0.3 is 5.97 Å². The summed E-state index contributed by atoms with van der Waals surface area (Å²) in [4.78, 5) is 26.5. The predicted molar refractivity (Wildman–Crippen MR) is 122 cm³/mol. The minimum Gasteiger partial charge on any atom is -0.462 e. The molecule has 6 heteroatoms. The standard InChI is InChI=1S/C26H28FNO4/c1-5-32-26(30)23-22(19-11-13-20(27)14-12-19)21(25(29)28(4)24(23)17(2)3)16-31-15-18-9-7-6-8-10-18/h6-14,17H,5,15-16H2,1-4H3. The van der Waals surface area contributed by atoms with E-state index in [9.17, 15) is 14.0 Å². The molecule has 0 amide bonds. The molecule has 0 N–H and O–H groups in total. The fourth-order valence-electron chi connectivity index (χ4n) is 3.87. The van der Waals surface area contributed by atoms with Crippen LogP contribution in [0, 0.1) is 5.82 Å². The van der Waals surface area contributed by atoms with Crippen LogP contribution < -0.4 is 5.56 Å². The molecule has 0 saturated carbocycles. The largest absolute Gasteiger partial charge is 0.462 e. The first kappa shape index (κ1) is 23.4. The van der Waals surface area contributed by atoms with E-state index in [-0.39, 0.29) is 24.7 Å². The first-order chi connectivity index (χ1) is 15.3. The Morgan fingerprint density at radius 2 is 1.69 bits per heavy atom. The van der Waals surface area contributed by atoms with E-state index >= 15 is 0 Å². The van der Waals surface area contributed by atoms with Gasteiger partial charge in [0.05, 0.1) is 30.9 Å². The average molecular weight is 438 g/mol. The number of rotatable bonds is 8. The van der Waals surface area contributed by atoms with Crippen LogP contribution in [0.5, 0.6) is 0 Å². The molecule has 0 radical (unpaired) electrons. The Morgan fingerprint density at radius 1 is 1.03 bits per heavy atom. The number of esters is 1. The summed E-state index contributed by atoms with van der Waals surface area (Å²) < 4.78 is 26.4. The lowest BCUT2D eigenvalue weighted by atomic mass is 9.90. The topological polar surface area (TPSA) is 57.5 Å². The Labute approximate surface area is 187 Å². The number of hydrogen-bond acceptors (Lipinski definition) is 4. The summed E-state index contributed by atoms with van der Waals surface area (Å²) >= 11 is 0. The molecule has 3 rings (SSSR count). The molecule has 1 aromatic heterocycles. The van der Waals surface area contributed by atoms with Crippen molar-refractivity contribution < 1.29 is 18.7 Å². The van der Waals surface area contributed by atoms with E-state index in [0.29, 0.717) is 34.6 Å². The van der Waals surface area contributed by atoms with Crippen molar-refractivity contribution in [2.24, 2.45) is 7.05 Å². The number of aromatic nitrogens is 1. The van der Waals surface area contributed by atoms with Gasteiger partial charge in [0.1, 0.15) is 5.82 Å². The average Bonchev–Trinajstić information content (AvgIpc) is 2.77. The van der Waals surface area contributed by atoms with Gasteiger partial charge in [0.2, 0.25) is 0 Å². The van der Waals surface area contributed by atoms with Crippen molar-refractivity contribution in [3.05, 3.63) is 93.2 Å². The second-order valence-corrected chi connectivity index (χ2v) is 7.84. The Bertz CT molecular complexity index is 1140. The lowest BCUT2D eigenvalue weighted by Crippen LogP contribution is -2.30. The smallest absolute Gasteiger partial charge is 0.340 e. The van der Waals surface area contributed by atoms with Gasteiger partial charge in [0.15, 0.2) is 0 Å². The van der Waals surface area contributed by atoms with Gasteiger partial charge in [-0.15, -0.1) is 0 Å². The molecule has 0 spiro atoms. The quantitative estimate of drug-likeness (QED) is 0.454. The van der Waals surface area contributed by atoms with Crippen LogP contribution in [0.3, 0.4) is 0 Å². The number of carbonyl (C=O) groups is 1. The maximum atomic E-state index is 13.6. The number of hydrogen-bond donors (Lipinski definition) is 0. The molecular weight excluding hydrogens is 409 g/mol. The summed E-state index contributed by atoms with van der Waals surface area (Å²) in [6.07, 6.45) is 0. The summed E-state index contributed by atoms with van der Waals surface area (Å²) in [7, 11) is 1.65. The molecular formula is C26H28FNO4. The minimum atomic E-state index is -0.518. The third-order valence-corrected chi connectivity index (χ3v) is 5.25. The van der Waals surface area contributed by atoms with Crippen molar-refractivity contribution in [3.8, 4) is 11.1 Å². The fraction of sp³-hybridized carbons (Fsp3) is 0.308. The van der Waals surface area contributed by atoms with E-state index in [1.807, 2.05) is 44.2 Å². The molecule has 0 aliphatic carbocycles. The van der Waals surface area contributed by atoms with Crippen molar-refractivity contribution in [1.29, 1.82) is 0 Å². The lowest BCUT2D eigenvalue weighted by Gasteiger charge is -2.23. The maximum Gasteiger partial charge on any atom is 0.340 e. The zero-order valence-electron chi connectivity index (χ0n) is 18.9. The van der Waals surface area contributed by atoms with E-state index in [0.717, 1.165) is 5.56 Å². The maximum absolute atomic E-state index is 13.6. The summed E-state index contributed by atoms with van der Waals surface area (Å²) in [6, 6.07) is 15.4. The Kier molecular flexibility index (Phi) is 7.59. The van der Waals surface area contributed by atoms with E-state index < -0.39 is 11.8 Å². The van der Waals surface area contributed by atoms with Crippen molar-refractivity contribution in [3.63, 3.8) is 0 Å². The molecule has 0 aliphatic heterocycles. The van der Waals surface area contributed by atoms with E-state index in [4.69, 9.17) is 9.47 Å². The molecule has 0 saturated heterocycles. The summed E-state index contributed by atoms with van der Waals surface area (Å²) in [5.41, 5.74) is 2.93. The molecule has 0 atom stereocenters. The highest BCUT2D eigenvalue weighted by molar-refractivity contribution is 5.99. The molecule has 3 aromatic rings. The molecule has 0 bridgehead atoms. The summed E-state index contributed by atoms with van der Waals surface area (Å²) in [6.45, 7) is 6.07. The van der Waals surface area contributed by atoms with Gasteiger partial charge < -0.3 is 14.0 Å². The van der Waals surface area contributed by atoms with Crippen molar-refractivity contribution in [2.75, 3.05) is 6.61 Å². The van der Waals surface area contributed by atoms with Gasteiger partial charge in [-0.2, -0.15) is 0 Å². The van der Waals surface area contributed by atoms with E-state index in [1.165, 1.54) is 16.7 Å². The molecule has 0 fully saturated rings. The van der Waals surface area contributed by atoms with Gasteiger partial charge in [-0.3, -0.25) is 4.79 Å². The SMILES string of the molecule is CCOC(=O)c1c(-c2ccc(F)cc2)c(COCc2ccccc2)c(=O)n(C)c1C(C)C. The van der Waals surface area contributed by atoms with Crippen LogP contribution in [0.4, 0.5) is 4.39 Å². The van der Waals surface area contributed by atoms with E-state index in [1.54, 1.807) is 26.1 Å². The van der Waals surface area contributed by atoms with Crippen LogP contribution in [0.1, 0.15) is 53.9 Å². The van der Waals surface area contributed by atoms with Crippen LogP contribution in [-0.4, -0.2) is 17.1 Å². The molecule has 168 valence electrons. The van der Waals surface area contributed by atoms with Crippen LogP contribution in [-0.2, 0) is 29.7 Å². The zero-order valence-corrected chi connectivity index (χ0v) is 18.9. The molecule has 1 heterocycles. The van der Waals surface area contributed by atoms with Crippen LogP contribution in [0.25, 0.3) is 11.1 Å². The zero-order chi connectivity index (χ0) is 23.3. The van der Waals surface area contributed by atoms with Gasteiger partial charge in [0, 0.05) is 18.3 Å². The van der Waals surface area contributed by atoms with Crippen molar-refractivity contribution >= 4 is 5.97 Å². The monoisotopic (exact) mass is 437 g/mol. The molecule has 0 aliphatic rings. The van der Waals surface area contributed by atoms with Crippen LogP contribution >= 0.6 is 0 Å². The first-order valence-corrected chi connectivity index (χ1v) is 10.7. The third-order valence-electron chi connectivity index (χ3n) is 5.25. The number of carbonyl (C=O) groups excluding carboxylic acids is 1. The number of nitrogens with zero attached hydrogens (tertiary/aromatic N) is 1. The molecule has 2 aromatic carbocycles. The number of ether oxygens (including phenoxy) is 2. The predicted octanol–water partition coefficient (Wildman–Crippen LogP) is 5.21. The highest BCUT2D eigenvalue weighted by Gasteiger charge is 2.28.